The largest absolute Gasteiger partial charge is 0.308 e. The summed E-state index contributed by atoms with van der Waals surface area (Å²) >= 11 is 17.0. The minimum atomic E-state index is -1.90. The van der Waals surface area contributed by atoms with Crippen molar-refractivity contribution in [2.45, 2.75) is 8.87 Å². The summed E-state index contributed by atoms with van der Waals surface area (Å²) in [5.41, 5.74) is 0.518. The first-order valence-corrected chi connectivity index (χ1v) is 6.17. The number of amides is 2. The van der Waals surface area contributed by atoms with Crippen LogP contribution in [0.15, 0.2) is 23.1 Å². The highest BCUT2D eigenvalue weighted by Gasteiger charge is 2.31. The van der Waals surface area contributed by atoms with Crippen LogP contribution in [0, 0.1) is 0 Å². The molecule has 0 saturated carbocycles. The minimum Gasteiger partial charge on any atom is -0.288 e. The number of fused-ring (bicyclic) bond motifs is 1. The molecule has 4 nitrogen and oxygen atoms in total. The van der Waals surface area contributed by atoms with Crippen molar-refractivity contribution in [3.8, 4) is 0 Å². The van der Waals surface area contributed by atoms with Crippen LogP contribution >= 0.6 is 46.8 Å². The molecule has 2 rings (SSSR count). The third-order valence-corrected chi connectivity index (χ3v) is 3.31. The predicted octanol–water partition coefficient (Wildman–Crippen LogP) is 2.92. The van der Waals surface area contributed by atoms with Gasteiger partial charge >= 0.3 is 3.98 Å². The zero-order chi connectivity index (χ0) is 12.6. The highest BCUT2D eigenvalue weighted by atomic mass is 35.6. The Morgan fingerprint density at radius 1 is 1.18 bits per heavy atom. The van der Waals surface area contributed by atoms with E-state index in [1.54, 1.807) is 12.1 Å². The molecule has 1 aromatic rings. The van der Waals surface area contributed by atoms with E-state index in [1.165, 1.54) is 6.07 Å². The molecule has 8 heteroatoms. The number of halogens is 3. The van der Waals surface area contributed by atoms with Crippen LogP contribution in [0.1, 0.15) is 20.7 Å². The lowest BCUT2D eigenvalue weighted by Crippen LogP contribution is -2.20. The van der Waals surface area contributed by atoms with Crippen molar-refractivity contribution in [3.63, 3.8) is 0 Å². The second kappa shape index (κ2) is 4.66. The first kappa shape index (κ1) is 13.0. The SMILES string of the molecule is O=C1NC(=O)c2c(SOC(Cl)(Cl)Cl)cccc21. The van der Waals surface area contributed by atoms with E-state index in [0.29, 0.717) is 4.90 Å². The summed E-state index contributed by atoms with van der Waals surface area (Å²) in [5.74, 6) is -0.928. The highest BCUT2D eigenvalue weighted by molar-refractivity contribution is 7.95. The Hall–Kier alpha value is -0.460. The van der Waals surface area contributed by atoms with Crippen molar-refractivity contribution in [1.29, 1.82) is 0 Å². The minimum absolute atomic E-state index is 0.233. The van der Waals surface area contributed by atoms with E-state index in [9.17, 15) is 9.59 Å². The Labute approximate surface area is 116 Å². The standard InChI is InChI=1S/C9H4Cl3NO3S/c10-9(11,12)16-17-5-3-1-2-4-6(5)8(15)13-7(4)14/h1-3H,(H,13,14,15). The van der Waals surface area contributed by atoms with Gasteiger partial charge in [0.2, 0.25) is 0 Å². The Balaban J connectivity index is 2.31. The molecule has 17 heavy (non-hydrogen) atoms. The number of carbonyl (C=O) groups excluding carboxylic acids is 2. The van der Waals surface area contributed by atoms with Crippen LogP contribution in [0.25, 0.3) is 0 Å². The number of alkyl halides is 3. The zero-order valence-electron chi connectivity index (χ0n) is 8.00. The normalized spacial score (nSPS) is 14.8. The molecule has 2 amide bonds. The molecule has 0 saturated heterocycles. The van der Waals surface area contributed by atoms with E-state index in [-0.39, 0.29) is 11.1 Å². The van der Waals surface area contributed by atoms with Gasteiger partial charge in [0.05, 0.1) is 11.1 Å². The summed E-state index contributed by atoms with van der Waals surface area (Å²) in [6.45, 7) is 0. The monoisotopic (exact) mass is 311 g/mol. The number of imide groups is 1. The van der Waals surface area contributed by atoms with Gasteiger partial charge in [-0.15, -0.1) is 0 Å². The van der Waals surface area contributed by atoms with Crippen molar-refractivity contribution in [3.05, 3.63) is 29.3 Å². The van der Waals surface area contributed by atoms with Gasteiger partial charge in [0.25, 0.3) is 11.8 Å². The maximum absolute atomic E-state index is 11.5. The van der Waals surface area contributed by atoms with Crippen molar-refractivity contribution in [2.75, 3.05) is 0 Å². The smallest absolute Gasteiger partial charge is 0.288 e. The lowest BCUT2D eigenvalue weighted by Gasteiger charge is -2.11. The number of hydrogen-bond donors (Lipinski definition) is 1. The lowest BCUT2D eigenvalue weighted by atomic mass is 10.1. The van der Waals surface area contributed by atoms with Crippen LogP contribution in [-0.2, 0) is 4.18 Å². The molecule has 1 aliphatic heterocycles. The van der Waals surface area contributed by atoms with Gasteiger partial charge in [0, 0.05) is 16.9 Å². The van der Waals surface area contributed by atoms with E-state index in [2.05, 4.69) is 5.32 Å². The molecule has 1 aliphatic rings. The van der Waals surface area contributed by atoms with Crippen molar-refractivity contribution in [1.82, 2.24) is 5.32 Å². The quantitative estimate of drug-likeness (QED) is 0.518. The van der Waals surface area contributed by atoms with Crippen molar-refractivity contribution in [2.24, 2.45) is 0 Å². The highest BCUT2D eigenvalue weighted by Crippen LogP contribution is 2.37. The van der Waals surface area contributed by atoms with E-state index in [0.717, 1.165) is 12.0 Å². The summed E-state index contributed by atoms with van der Waals surface area (Å²) in [7, 11) is 0. The third kappa shape index (κ3) is 2.86. The fourth-order valence-corrected chi connectivity index (χ4v) is 2.24. The van der Waals surface area contributed by atoms with E-state index in [1.807, 2.05) is 0 Å². The summed E-state index contributed by atoms with van der Waals surface area (Å²) < 4.78 is 2.95. The van der Waals surface area contributed by atoms with Crippen LogP contribution in [-0.4, -0.2) is 15.8 Å². The number of hydrogen-bond acceptors (Lipinski definition) is 4. The number of carbonyl (C=O) groups is 2. The van der Waals surface area contributed by atoms with Crippen LogP contribution in [0.3, 0.4) is 0 Å². The molecule has 0 bridgehead atoms. The second-order valence-corrected chi connectivity index (χ2v) is 6.02. The van der Waals surface area contributed by atoms with Gasteiger partial charge in [-0.1, -0.05) is 40.9 Å². The molecule has 1 N–H and O–H groups in total. The van der Waals surface area contributed by atoms with E-state index < -0.39 is 15.8 Å². The van der Waals surface area contributed by atoms with Crippen LogP contribution < -0.4 is 5.32 Å². The average molecular weight is 313 g/mol. The predicted molar refractivity (Wildman–Crippen MR) is 65.5 cm³/mol. The zero-order valence-corrected chi connectivity index (χ0v) is 11.1. The van der Waals surface area contributed by atoms with Gasteiger partial charge in [-0.05, 0) is 12.1 Å². The van der Waals surface area contributed by atoms with E-state index in [4.69, 9.17) is 39.0 Å². The Morgan fingerprint density at radius 2 is 1.88 bits per heavy atom. The Morgan fingerprint density at radius 3 is 2.53 bits per heavy atom. The third-order valence-electron chi connectivity index (χ3n) is 1.95. The summed E-state index contributed by atoms with van der Waals surface area (Å²) in [6.07, 6.45) is 0. The number of benzene rings is 1. The molecule has 0 spiro atoms. The molecule has 0 aromatic heterocycles. The first-order valence-electron chi connectivity index (χ1n) is 4.29. The Bertz CT molecular complexity index is 501. The molecular weight excluding hydrogens is 309 g/mol. The molecule has 0 fully saturated rings. The number of rotatable bonds is 2. The summed E-state index contributed by atoms with van der Waals surface area (Å²) in [4.78, 5) is 23.3. The summed E-state index contributed by atoms with van der Waals surface area (Å²) in [5, 5.41) is 2.17. The van der Waals surface area contributed by atoms with Crippen LogP contribution in [0.2, 0.25) is 0 Å². The maximum atomic E-state index is 11.5. The van der Waals surface area contributed by atoms with Gasteiger partial charge in [0.15, 0.2) is 0 Å². The molecular formula is C9H4Cl3NO3S. The molecule has 1 aromatic carbocycles. The average Bonchev–Trinajstić information content (AvgIpc) is 2.52. The molecule has 0 unspecified atom stereocenters. The molecule has 0 aliphatic carbocycles. The fraction of sp³-hybridized carbons (Fsp3) is 0.111. The van der Waals surface area contributed by atoms with Gasteiger partial charge in [0.1, 0.15) is 0 Å². The fourth-order valence-electron chi connectivity index (χ4n) is 1.35. The molecule has 0 atom stereocenters. The van der Waals surface area contributed by atoms with Crippen LogP contribution in [0.4, 0.5) is 0 Å². The number of nitrogens with one attached hydrogen (secondary N) is 1. The van der Waals surface area contributed by atoms with Gasteiger partial charge in [-0.2, -0.15) is 0 Å². The Kier molecular flexibility index (Phi) is 3.56. The molecule has 90 valence electrons. The van der Waals surface area contributed by atoms with Gasteiger partial charge in [-0.25, -0.2) is 0 Å². The topological polar surface area (TPSA) is 55.4 Å². The summed E-state index contributed by atoms with van der Waals surface area (Å²) in [6, 6.07) is 4.74. The molecule has 0 radical (unpaired) electrons. The van der Waals surface area contributed by atoms with Crippen LogP contribution in [0.5, 0.6) is 0 Å². The molecule has 1 heterocycles. The lowest BCUT2D eigenvalue weighted by molar-refractivity contribution is 0.0878. The first-order chi connectivity index (χ1) is 7.88. The maximum Gasteiger partial charge on any atom is 0.308 e. The van der Waals surface area contributed by atoms with Crippen molar-refractivity contribution < 1.29 is 13.8 Å². The van der Waals surface area contributed by atoms with Crippen molar-refractivity contribution >= 4 is 58.7 Å². The van der Waals surface area contributed by atoms with E-state index >= 15 is 0 Å². The second-order valence-electron chi connectivity index (χ2n) is 3.07. The van der Waals surface area contributed by atoms with Gasteiger partial charge in [-0.3, -0.25) is 19.1 Å². The van der Waals surface area contributed by atoms with Gasteiger partial charge < -0.3 is 0 Å².